The molecule has 5 aromatic carbocycles. The van der Waals surface area contributed by atoms with Gasteiger partial charge in [0.2, 0.25) is 0 Å². The highest BCUT2D eigenvalue weighted by Crippen LogP contribution is 2.46. The molecule has 0 radical (unpaired) electrons. The Hall–Kier alpha value is -6.22. The molecule has 9 nitrogen and oxygen atoms in total. The van der Waals surface area contributed by atoms with Crippen LogP contribution in [0, 0.1) is 0 Å². The number of hydrogen-bond acceptors (Lipinski definition) is 5. The van der Waals surface area contributed by atoms with Crippen LogP contribution in [-0.4, -0.2) is 58.0 Å². The largest absolute Gasteiger partial charge is 0.478 e. The standard InChI is InChI=1S/C39H32N4O5/c1-48-39(47)42(36-31-11-4-2-9-29(31)30-10-3-5-12-32(30)36)24-8-23-40-37(44)26-17-15-25(16-18-26)35-33-13-6-7-14-34(33)43(41-35)28-21-19-27(20-22-28)38(45)46/h2-7,9-22,36H,8,23-24H2,1H3,(H,40,44)(H,45,46). The van der Waals surface area contributed by atoms with Gasteiger partial charge in [0.05, 0.1) is 29.9 Å². The van der Waals surface area contributed by atoms with Crippen molar-refractivity contribution < 1.29 is 24.2 Å². The van der Waals surface area contributed by atoms with Crippen molar-refractivity contribution in [2.75, 3.05) is 20.2 Å². The number of methoxy groups -OCH3 is 1. The molecule has 1 heterocycles. The normalized spacial score (nSPS) is 11.9. The van der Waals surface area contributed by atoms with Crippen molar-refractivity contribution in [3.8, 4) is 28.1 Å². The number of carbonyl (C=O) groups excluding carboxylic acids is 2. The van der Waals surface area contributed by atoms with Gasteiger partial charge in [0.1, 0.15) is 5.69 Å². The predicted octanol–water partition coefficient (Wildman–Crippen LogP) is 7.35. The summed E-state index contributed by atoms with van der Waals surface area (Å²) in [5.41, 5.74) is 8.26. The summed E-state index contributed by atoms with van der Waals surface area (Å²) >= 11 is 0. The topological polar surface area (TPSA) is 114 Å². The highest BCUT2D eigenvalue weighted by Gasteiger charge is 2.35. The van der Waals surface area contributed by atoms with Crippen LogP contribution in [0.5, 0.6) is 0 Å². The Kier molecular flexibility index (Phi) is 8.17. The number of aromatic nitrogens is 2. The maximum atomic E-state index is 13.1. The van der Waals surface area contributed by atoms with Crippen molar-refractivity contribution in [1.82, 2.24) is 20.0 Å². The average Bonchev–Trinajstić information content (AvgIpc) is 3.68. The van der Waals surface area contributed by atoms with Crippen LogP contribution < -0.4 is 5.32 Å². The van der Waals surface area contributed by atoms with Crippen LogP contribution in [0.25, 0.3) is 39.0 Å². The van der Waals surface area contributed by atoms with Crippen molar-refractivity contribution >= 4 is 28.9 Å². The van der Waals surface area contributed by atoms with Crippen molar-refractivity contribution in [2.45, 2.75) is 12.5 Å². The molecule has 9 heteroatoms. The van der Waals surface area contributed by atoms with Gasteiger partial charge in [-0.25, -0.2) is 14.3 Å². The van der Waals surface area contributed by atoms with Gasteiger partial charge < -0.3 is 15.2 Å². The molecule has 0 fully saturated rings. The monoisotopic (exact) mass is 636 g/mol. The summed E-state index contributed by atoms with van der Waals surface area (Å²) in [5.74, 6) is -1.20. The van der Waals surface area contributed by atoms with Crippen LogP contribution in [0.15, 0.2) is 121 Å². The Morgan fingerprint density at radius 1 is 0.792 bits per heavy atom. The fourth-order valence-corrected chi connectivity index (χ4v) is 6.46. The molecular formula is C39H32N4O5. The first-order valence-corrected chi connectivity index (χ1v) is 15.7. The van der Waals surface area contributed by atoms with Crippen molar-refractivity contribution in [2.24, 2.45) is 0 Å². The van der Waals surface area contributed by atoms with Gasteiger partial charge in [-0.15, -0.1) is 0 Å². The van der Waals surface area contributed by atoms with E-state index >= 15 is 0 Å². The molecule has 0 spiro atoms. The number of benzene rings is 5. The Labute approximate surface area is 277 Å². The van der Waals surface area contributed by atoms with Gasteiger partial charge in [0, 0.05) is 29.6 Å². The maximum Gasteiger partial charge on any atom is 0.410 e. The molecule has 7 rings (SSSR count). The second kappa shape index (κ2) is 12.9. The zero-order valence-corrected chi connectivity index (χ0v) is 26.2. The number of aromatic carboxylic acids is 1. The van der Waals surface area contributed by atoms with Crippen LogP contribution in [0.2, 0.25) is 0 Å². The summed E-state index contributed by atoms with van der Waals surface area (Å²) in [6, 6.07) is 37.6. The Bertz CT molecular complexity index is 2110. The number of para-hydroxylation sites is 1. The third-order valence-electron chi connectivity index (χ3n) is 8.75. The SMILES string of the molecule is COC(=O)N(CCCNC(=O)c1ccc(-c2nn(-c3ccc(C(=O)O)cc3)c3ccccc23)cc1)C1c2ccccc2-c2ccccc21. The van der Waals surface area contributed by atoms with E-state index < -0.39 is 12.1 Å². The van der Waals surface area contributed by atoms with Crippen LogP contribution in [0.1, 0.15) is 44.3 Å². The molecule has 1 aromatic heterocycles. The van der Waals surface area contributed by atoms with E-state index in [4.69, 9.17) is 9.84 Å². The number of fused-ring (bicyclic) bond motifs is 4. The van der Waals surface area contributed by atoms with Gasteiger partial charge in [-0.05, 0) is 71.1 Å². The van der Waals surface area contributed by atoms with E-state index in [1.807, 2.05) is 72.8 Å². The van der Waals surface area contributed by atoms with Crippen LogP contribution in [0.4, 0.5) is 4.79 Å². The molecule has 0 bridgehead atoms. The molecule has 1 aliphatic rings. The first-order chi connectivity index (χ1) is 23.4. The lowest BCUT2D eigenvalue weighted by Gasteiger charge is -2.29. The molecule has 48 heavy (non-hydrogen) atoms. The van der Waals surface area contributed by atoms with E-state index in [9.17, 15) is 19.5 Å². The summed E-state index contributed by atoms with van der Waals surface area (Å²) in [4.78, 5) is 39.2. The zero-order valence-electron chi connectivity index (χ0n) is 26.2. The number of carboxylic acids is 1. The fourth-order valence-electron chi connectivity index (χ4n) is 6.46. The van der Waals surface area contributed by atoms with Gasteiger partial charge in [0.15, 0.2) is 0 Å². The van der Waals surface area contributed by atoms with Gasteiger partial charge in [-0.3, -0.25) is 9.69 Å². The number of carbonyl (C=O) groups is 3. The second-order valence-corrected chi connectivity index (χ2v) is 11.6. The molecule has 6 aromatic rings. The third-order valence-corrected chi connectivity index (χ3v) is 8.75. The molecule has 2 amide bonds. The van der Waals surface area contributed by atoms with Gasteiger partial charge in [0.25, 0.3) is 5.91 Å². The minimum absolute atomic E-state index is 0.204. The molecule has 0 unspecified atom stereocenters. The highest BCUT2D eigenvalue weighted by atomic mass is 16.5. The van der Waals surface area contributed by atoms with Gasteiger partial charge >= 0.3 is 12.1 Å². The lowest BCUT2D eigenvalue weighted by molar-refractivity contribution is 0.0696. The molecule has 0 saturated heterocycles. The number of ether oxygens (including phenoxy) is 1. The van der Waals surface area contributed by atoms with Gasteiger partial charge in [-0.2, -0.15) is 5.10 Å². The van der Waals surface area contributed by atoms with Gasteiger partial charge in [-0.1, -0.05) is 78.9 Å². The Balaban J connectivity index is 1.04. The Morgan fingerprint density at radius 3 is 2.04 bits per heavy atom. The summed E-state index contributed by atoms with van der Waals surface area (Å²) in [7, 11) is 1.39. The van der Waals surface area contributed by atoms with E-state index in [1.54, 1.807) is 46.0 Å². The predicted molar refractivity (Wildman–Crippen MR) is 183 cm³/mol. The lowest BCUT2D eigenvalue weighted by Crippen LogP contribution is -2.37. The smallest absolute Gasteiger partial charge is 0.410 e. The van der Waals surface area contributed by atoms with E-state index in [0.717, 1.165) is 50.1 Å². The van der Waals surface area contributed by atoms with Crippen molar-refractivity contribution in [1.29, 1.82) is 0 Å². The van der Waals surface area contributed by atoms with Crippen LogP contribution in [-0.2, 0) is 4.74 Å². The fraction of sp³-hybridized carbons (Fsp3) is 0.128. The number of nitrogens with zero attached hydrogens (tertiary/aromatic N) is 3. The first-order valence-electron chi connectivity index (χ1n) is 15.7. The summed E-state index contributed by atoms with van der Waals surface area (Å²) < 4.78 is 6.98. The van der Waals surface area contributed by atoms with E-state index in [2.05, 4.69) is 17.4 Å². The molecule has 1 aliphatic carbocycles. The minimum atomic E-state index is -0.985. The molecular weight excluding hydrogens is 604 g/mol. The molecule has 0 saturated carbocycles. The Morgan fingerprint density at radius 2 is 1.40 bits per heavy atom. The molecule has 238 valence electrons. The number of nitrogens with one attached hydrogen (secondary N) is 1. The lowest BCUT2D eigenvalue weighted by atomic mass is 10.0. The molecule has 0 aliphatic heterocycles. The molecule has 0 atom stereocenters. The molecule has 2 N–H and O–H groups in total. The quantitative estimate of drug-likeness (QED) is 0.161. The second-order valence-electron chi connectivity index (χ2n) is 11.6. The van der Waals surface area contributed by atoms with E-state index in [0.29, 0.717) is 25.1 Å². The summed E-state index contributed by atoms with van der Waals surface area (Å²) in [5, 5.41) is 18.1. The minimum Gasteiger partial charge on any atom is -0.478 e. The number of carboxylic acid groups (broad SMARTS) is 1. The number of rotatable bonds is 9. The van der Waals surface area contributed by atoms with Crippen LogP contribution >= 0.6 is 0 Å². The highest BCUT2D eigenvalue weighted by molar-refractivity contribution is 5.97. The van der Waals surface area contributed by atoms with Crippen LogP contribution in [0.3, 0.4) is 0 Å². The number of amides is 2. The van der Waals surface area contributed by atoms with E-state index in [-0.39, 0.29) is 17.5 Å². The summed E-state index contributed by atoms with van der Waals surface area (Å²) in [6.07, 6.45) is 0.122. The first kappa shape index (κ1) is 30.4. The zero-order chi connectivity index (χ0) is 33.2. The van der Waals surface area contributed by atoms with Crippen molar-refractivity contribution in [3.63, 3.8) is 0 Å². The number of hydrogen-bond donors (Lipinski definition) is 2. The van der Waals surface area contributed by atoms with E-state index in [1.165, 1.54) is 7.11 Å². The van der Waals surface area contributed by atoms with Crippen molar-refractivity contribution in [3.05, 3.63) is 144 Å². The maximum absolute atomic E-state index is 13.1. The summed E-state index contributed by atoms with van der Waals surface area (Å²) in [6.45, 7) is 0.772. The third kappa shape index (κ3) is 5.55. The average molecular weight is 637 g/mol.